The molecule has 0 bridgehead atoms. The molecule has 0 unspecified atom stereocenters. The molecule has 1 aromatic rings. The molecule has 0 aromatic carbocycles. The van der Waals surface area contributed by atoms with Crippen molar-refractivity contribution in [3.05, 3.63) is 32.6 Å². The summed E-state index contributed by atoms with van der Waals surface area (Å²) in [4.78, 5) is 24.1. The molecule has 1 aromatic heterocycles. The van der Waals surface area contributed by atoms with Gasteiger partial charge in [0.2, 0.25) is 0 Å². The summed E-state index contributed by atoms with van der Waals surface area (Å²) in [5.41, 5.74) is -2.91. The third kappa shape index (κ3) is 2.47. The van der Waals surface area contributed by atoms with E-state index >= 15 is 0 Å². The molecule has 17 heavy (non-hydrogen) atoms. The largest absolute Gasteiger partial charge is 0.465 e. The van der Waals surface area contributed by atoms with Crippen LogP contribution in [0.1, 0.15) is 22.5 Å². The maximum atomic E-state index is 12.6. The third-order valence-electron chi connectivity index (χ3n) is 1.81. The molecule has 1 heterocycles. The van der Waals surface area contributed by atoms with Crippen LogP contribution in [0, 0.1) is 10.1 Å². The Balaban J connectivity index is 3.61. The van der Waals surface area contributed by atoms with Gasteiger partial charge in [0, 0.05) is 0 Å². The summed E-state index contributed by atoms with van der Waals surface area (Å²) in [5, 5.41) is 10.2. The first-order chi connectivity index (χ1) is 7.90. The topological polar surface area (TPSA) is 82.3 Å². The second-order valence-corrected chi connectivity index (χ2v) is 3.17. The second-order valence-electron chi connectivity index (χ2n) is 2.76. The van der Waals surface area contributed by atoms with Crippen LogP contribution >= 0.6 is 11.6 Å². The van der Waals surface area contributed by atoms with Crippen LogP contribution in [-0.4, -0.2) is 23.0 Å². The molecule has 9 heteroatoms. The van der Waals surface area contributed by atoms with Gasteiger partial charge in [-0.1, -0.05) is 11.6 Å². The van der Waals surface area contributed by atoms with Gasteiger partial charge >= 0.3 is 11.7 Å². The minimum absolute atomic E-state index is 0.514. The molecular weight excluding hydrogens is 262 g/mol. The number of ether oxygens (including phenoxy) is 1. The highest BCUT2D eigenvalue weighted by atomic mass is 35.5. The Morgan fingerprint density at radius 2 is 2.24 bits per heavy atom. The minimum Gasteiger partial charge on any atom is -0.465 e. The number of nitrogens with zero attached hydrogens (tertiary/aromatic N) is 2. The average Bonchev–Trinajstić information content (AvgIpc) is 2.26. The van der Waals surface area contributed by atoms with E-state index in [4.69, 9.17) is 11.6 Å². The number of halogens is 3. The normalized spacial score (nSPS) is 10.4. The summed E-state index contributed by atoms with van der Waals surface area (Å²) >= 11 is 5.45. The number of rotatable bonds is 3. The molecule has 0 N–H and O–H groups in total. The number of nitro groups is 1. The van der Waals surface area contributed by atoms with Crippen LogP contribution in [0.2, 0.25) is 5.02 Å². The zero-order chi connectivity index (χ0) is 13.2. The fourth-order valence-electron chi connectivity index (χ4n) is 1.14. The molecule has 92 valence electrons. The van der Waals surface area contributed by atoms with Crippen LogP contribution in [0.4, 0.5) is 14.5 Å². The maximum absolute atomic E-state index is 12.6. The molecule has 0 amide bonds. The number of hydrogen-bond donors (Lipinski definition) is 0. The summed E-state index contributed by atoms with van der Waals surface area (Å²) in [7, 11) is 0.905. The number of carbonyl (C=O) groups excluding carboxylic acids is 1. The highest BCUT2D eigenvalue weighted by Gasteiger charge is 2.33. The van der Waals surface area contributed by atoms with Crippen molar-refractivity contribution < 1.29 is 23.2 Å². The number of esters is 1. The van der Waals surface area contributed by atoms with Crippen molar-refractivity contribution in [3.63, 3.8) is 0 Å². The van der Waals surface area contributed by atoms with E-state index in [9.17, 15) is 23.7 Å². The predicted octanol–water partition coefficient (Wildman–Crippen LogP) is 2.37. The number of pyridine rings is 1. The van der Waals surface area contributed by atoms with E-state index in [1.54, 1.807) is 0 Å². The summed E-state index contributed by atoms with van der Waals surface area (Å²) in [5.74, 6) is -1.29. The fraction of sp³-hybridized carbons (Fsp3) is 0.250. The van der Waals surface area contributed by atoms with Crippen LogP contribution in [0.25, 0.3) is 0 Å². The first kappa shape index (κ1) is 13.2. The van der Waals surface area contributed by atoms with Crippen LogP contribution in [0.5, 0.6) is 0 Å². The SMILES string of the molecule is COC(=O)c1c(C(F)F)ncc(Cl)c1[N+](=O)[O-]. The van der Waals surface area contributed by atoms with Gasteiger partial charge < -0.3 is 4.74 Å². The predicted molar refractivity (Wildman–Crippen MR) is 52.2 cm³/mol. The molecule has 6 nitrogen and oxygen atoms in total. The lowest BCUT2D eigenvalue weighted by Gasteiger charge is -2.07. The summed E-state index contributed by atoms with van der Waals surface area (Å²) in [6.45, 7) is 0. The van der Waals surface area contributed by atoms with Crippen LogP contribution < -0.4 is 0 Å². The smallest absolute Gasteiger partial charge is 0.347 e. The summed E-state index contributed by atoms with van der Waals surface area (Å²) < 4.78 is 29.3. The van der Waals surface area contributed by atoms with Gasteiger partial charge in [0.05, 0.1) is 18.2 Å². The lowest BCUT2D eigenvalue weighted by molar-refractivity contribution is -0.385. The minimum atomic E-state index is -3.15. The highest BCUT2D eigenvalue weighted by molar-refractivity contribution is 6.33. The van der Waals surface area contributed by atoms with Crippen molar-refractivity contribution in [2.24, 2.45) is 0 Å². The van der Waals surface area contributed by atoms with Gasteiger partial charge in [0.1, 0.15) is 10.7 Å². The first-order valence-corrected chi connectivity index (χ1v) is 4.47. The van der Waals surface area contributed by atoms with E-state index in [0.29, 0.717) is 6.20 Å². The van der Waals surface area contributed by atoms with Gasteiger partial charge in [0.15, 0.2) is 5.56 Å². The molecule has 0 fully saturated rings. The molecule has 0 aliphatic carbocycles. The van der Waals surface area contributed by atoms with Crippen molar-refractivity contribution in [1.29, 1.82) is 0 Å². The van der Waals surface area contributed by atoms with E-state index in [1.165, 1.54) is 0 Å². The number of aromatic nitrogens is 1. The van der Waals surface area contributed by atoms with Crippen molar-refractivity contribution >= 4 is 23.3 Å². The summed E-state index contributed by atoms with van der Waals surface area (Å²) in [6, 6.07) is 0. The maximum Gasteiger partial charge on any atom is 0.347 e. The monoisotopic (exact) mass is 266 g/mol. The van der Waals surface area contributed by atoms with Crippen molar-refractivity contribution in [1.82, 2.24) is 4.98 Å². The highest BCUT2D eigenvalue weighted by Crippen LogP contribution is 2.33. The Kier molecular flexibility index (Phi) is 3.89. The molecule has 1 rings (SSSR count). The van der Waals surface area contributed by atoms with E-state index in [1.807, 2.05) is 0 Å². The molecular formula is C8H5ClF2N2O4. The fourth-order valence-corrected chi connectivity index (χ4v) is 1.35. The van der Waals surface area contributed by atoms with Gasteiger partial charge in [-0.3, -0.25) is 15.1 Å². The van der Waals surface area contributed by atoms with Gasteiger partial charge in [-0.05, 0) is 0 Å². The van der Waals surface area contributed by atoms with Crippen LogP contribution in [0.15, 0.2) is 6.20 Å². The van der Waals surface area contributed by atoms with Crippen LogP contribution in [-0.2, 0) is 4.74 Å². The first-order valence-electron chi connectivity index (χ1n) is 4.09. The lowest BCUT2D eigenvalue weighted by atomic mass is 10.1. The Morgan fingerprint density at radius 3 is 2.65 bits per heavy atom. The molecule has 0 radical (unpaired) electrons. The molecule has 0 saturated heterocycles. The van der Waals surface area contributed by atoms with Crippen molar-refractivity contribution in [2.75, 3.05) is 7.11 Å². The number of hydrogen-bond acceptors (Lipinski definition) is 5. The lowest BCUT2D eigenvalue weighted by Crippen LogP contribution is -2.12. The summed E-state index contributed by atoms with van der Waals surface area (Å²) in [6.07, 6.45) is -2.46. The van der Waals surface area contributed by atoms with E-state index in [-0.39, 0.29) is 0 Å². The average molecular weight is 267 g/mol. The Hall–Kier alpha value is -1.83. The number of alkyl halides is 2. The van der Waals surface area contributed by atoms with Crippen LogP contribution in [0.3, 0.4) is 0 Å². The van der Waals surface area contributed by atoms with Gasteiger partial charge in [-0.15, -0.1) is 0 Å². The van der Waals surface area contributed by atoms with Gasteiger partial charge in [-0.2, -0.15) is 0 Å². The molecule has 0 spiro atoms. The second kappa shape index (κ2) is 5.00. The number of methoxy groups -OCH3 is 1. The van der Waals surface area contributed by atoms with E-state index < -0.39 is 39.3 Å². The molecule has 0 atom stereocenters. The van der Waals surface area contributed by atoms with Crippen molar-refractivity contribution in [2.45, 2.75) is 6.43 Å². The standard InChI is InChI=1S/C8H5ClF2N2O4/c1-17-8(14)4-5(7(10)11)12-2-3(9)6(4)13(15)16/h2,7H,1H3. The van der Waals surface area contributed by atoms with Gasteiger partial charge in [-0.25, -0.2) is 13.6 Å². The van der Waals surface area contributed by atoms with Gasteiger partial charge in [0.25, 0.3) is 6.43 Å². The molecule has 0 saturated carbocycles. The molecule has 0 aliphatic rings. The Labute approximate surface area is 98.3 Å². The Morgan fingerprint density at radius 1 is 1.65 bits per heavy atom. The van der Waals surface area contributed by atoms with E-state index in [0.717, 1.165) is 7.11 Å². The zero-order valence-electron chi connectivity index (χ0n) is 8.32. The molecule has 0 aliphatic heterocycles. The van der Waals surface area contributed by atoms with Crippen molar-refractivity contribution in [3.8, 4) is 0 Å². The zero-order valence-corrected chi connectivity index (χ0v) is 9.07. The number of carbonyl (C=O) groups is 1. The quantitative estimate of drug-likeness (QED) is 0.476. The Bertz CT molecular complexity index is 481. The third-order valence-corrected chi connectivity index (χ3v) is 2.09. The van der Waals surface area contributed by atoms with E-state index in [2.05, 4.69) is 9.72 Å².